The van der Waals surface area contributed by atoms with E-state index in [4.69, 9.17) is 18.9 Å². The largest absolute Gasteiger partial charge is 0.394 e. The van der Waals surface area contributed by atoms with E-state index in [0.29, 0.717) is 6.42 Å². The predicted octanol–water partition coefficient (Wildman–Crippen LogP) is 15.6. The Labute approximate surface area is 563 Å². The molecular formula is C79H131NO13. The van der Waals surface area contributed by atoms with E-state index in [-0.39, 0.29) is 18.9 Å². The summed E-state index contributed by atoms with van der Waals surface area (Å²) in [6.07, 6.45) is 76.1. The molecule has 2 heterocycles. The van der Waals surface area contributed by atoms with Crippen molar-refractivity contribution in [3.05, 3.63) is 146 Å². The predicted molar refractivity (Wildman–Crippen MR) is 382 cm³/mol. The summed E-state index contributed by atoms with van der Waals surface area (Å²) in [5, 5.41) is 87.5. The minimum Gasteiger partial charge on any atom is -0.394 e. The summed E-state index contributed by atoms with van der Waals surface area (Å²) in [5.74, 6) is -0.275. The Bertz CT molecular complexity index is 2120. The molecule has 0 aliphatic carbocycles. The van der Waals surface area contributed by atoms with Crippen LogP contribution in [0, 0.1) is 0 Å². The van der Waals surface area contributed by atoms with Gasteiger partial charge in [-0.15, -0.1) is 0 Å². The lowest BCUT2D eigenvalue weighted by Gasteiger charge is -2.46. The number of nitrogens with one attached hydrogen (secondary N) is 1. The molecule has 2 rings (SSSR count). The third-order valence-corrected chi connectivity index (χ3v) is 16.8. The zero-order chi connectivity index (χ0) is 67.3. The van der Waals surface area contributed by atoms with Crippen LogP contribution >= 0.6 is 0 Å². The topological polar surface area (TPSA) is 228 Å². The van der Waals surface area contributed by atoms with E-state index in [1.165, 1.54) is 116 Å². The van der Waals surface area contributed by atoms with E-state index in [0.717, 1.165) is 109 Å². The number of rotatable bonds is 58. The second kappa shape index (κ2) is 61.5. The molecule has 2 aliphatic heterocycles. The maximum atomic E-state index is 13.3. The van der Waals surface area contributed by atoms with Gasteiger partial charge in [-0.3, -0.25) is 4.79 Å². The molecule has 0 radical (unpaired) electrons. The molecule has 14 heteroatoms. The van der Waals surface area contributed by atoms with Crippen LogP contribution in [0.3, 0.4) is 0 Å². The quantitative estimate of drug-likeness (QED) is 0.0204. The highest BCUT2D eigenvalue weighted by molar-refractivity contribution is 5.76. The van der Waals surface area contributed by atoms with E-state index in [1.807, 2.05) is 6.08 Å². The first-order valence-electron chi connectivity index (χ1n) is 36.6. The molecule has 2 aliphatic rings. The summed E-state index contributed by atoms with van der Waals surface area (Å²) >= 11 is 0. The Kier molecular flexibility index (Phi) is 56.1. The molecule has 530 valence electrons. The SMILES string of the molecule is CC/C=C\C/C=C\C/C=C\C/C=C\C/C=C\C/C=C\C/C=C\C/C=C\C/C=C\C/C=C\C/C=C\CCCCCC(=O)NC(COC1OC(CO)C(OC2OC(CO)C(O)C(O)C2O)C(O)C1O)C(O)/C=C/CCCCCCCCCCCCCCCCCCCCCC. The van der Waals surface area contributed by atoms with Gasteiger partial charge in [-0.1, -0.05) is 288 Å². The lowest BCUT2D eigenvalue weighted by Crippen LogP contribution is -2.65. The Balaban J connectivity index is 1.69. The monoisotopic (exact) mass is 1300 g/mol. The van der Waals surface area contributed by atoms with Crippen LogP contribution in [0.5, 0.6) is 0 Å². The average Bonchev–Trinajstić information content (AvgIpc) is 0.852. The number of unbranched alkanes of at least 4 members (excludes halogenated alkanes) is 23. The first-order chi connectivity index (χ1) is 45.6. The fourth-order valence-electron chi connectivity index (χ4n) is 11.0. The smallest absolute Gasteiger partial charge is 0.220 e. The van der Waals surface area contributed by atoms with Crippen molar-refractivity contribution < 1.29 is 64.6 Å². The first kappa shape index (κ1) is 85.0. The minimum absolute atomic E-state index is 0.232. The number of hydrogen-bond donors (Lipinski definition) is 9. The van der Waals surface area contributed by atoms with E-state index >= 15 is 0 Å². The molecule has 0 spiro atoms. The van der Waals surface area contributed by atoms with E-state index < -0.39 is 86.8 Å². The standard InChI is InChI=1S/C79H131NO13/c1-3-5-7-9-11-13-15-17-19-21-23-25-27-28-29-30-31-32-33-34-35-36-37-38-39-40-41-43-45-47-49-51-53-55-57-59-61-63-71(84)80-67(66-90-78-76(89)74(87)77(70(65-82)92-78)93-79-75(88)73(86)72(85)69(64-81)91-79)68(83)62-60-58-56-54-52-50-48-46-44-42-26-24-22-20-18-16-14-12-10-8-6-4-2/h5,7,11,13,17,19,23,25,28-29,31-32,34-35,37-38,40-41,45,47,51,53,60,62,67-70,72-79,81-83,85-89H,3-4,6,8-10,12,14-16,18,20-22,24,26-27,30,33,36,39,42-44,46,48-50,52,54-59,61,63-66H2,1-2H3,(H,80,84)/b7-5-,13-11-,19-17-,25-23-,29-28-,32-31-,35-34-,38-37-,41-40-,47-45-,53-51-,62-60+. The molecule has 0 aromatic heterocycles. The highest BCUT2D eigenvalue weighted by Gasteiger charge is 2.51. The van der Waals surface area contributed by atoms with Crippen LogP contribution in [0.1, 0.15) is 251 Å². The van der Waals surface area contributed by atoms with Crippen molar-refractivity contribution in [2.45, 2.75) is 325 Å². The summed E-state index contributed by atoms with van der Waals surface area (Å²) in [7, 11) is 0. The second-order valence-corrected chi connectivity index (χ2v) is 25.0. The van der Waals surface area contributed by atoms with Crippen molar-refractivity contribution in [1.29, 1.82) is 0 Å². The zero-order valence-corrected chi connectivity index (χ0v) is 57.7. The van der Waals surface area contributed by atoms with E-state index in [9.17, 15) is 45.6 Å². The van der Waals surface area contributed by atoms with Crippen LogP contribution in [0.15, 0.2) is 146 Å². The first-order valence-corrected chi connectivity index (χ1v) is 36.6. The van der Waals surface area contributed by atoms with Crippen molar-refractivity contribution in [2.75, 3.05) is 19.8 Å². The maximum absolute atomic E-state index is 13.3. The van der Waals surface area contributed by atoms with Gasteiger partial charge >= 0.3 is 0 Å². The number of hydrogen-bond acceptors (Lipinski definition) is 13. The normalized spacial score (nSPS) is 23.5. The molecule has 2 saturated heterocycles. The number of carbonyl (C=O) groups excluding carboxylic acids is 1. The Morgan fingerprint density at radius 2 is 0.742 bits per heavy atom. The van der Waals surface area contributed by atoms with Gasteiger partial charge in [0.15, 0.2) is 12.6 Å². The molecule has 0 bridgehead atoms. The summed E-state index contributed by atoms with van der Waals surface area (Å²) in [6.45, 7) is 2.67. The Hall–Kier alpha value is -4.13. The third kappa shape index (κ3) is 45.1. The molecule has 14 nitrogen and oxygen atoms in total. The van der Waals surface area contributed by atoms with Crippen LogP contribution in [-0.2, 0) is 23.7 Å². The highest BCUT2D eigenvalue weighted by atomic mass is 16.7. The number of aliphatic hydroxyl groups is 8. The highest BCUT2D eigenvalue weighted by Crippen LogP contribution is 2.30. The molecule has 9 N–H and O–H groups in total. The van der Waals surface area contributed by atoms with Gasteiger partial charge in [-0.05, 0) is 103 Å². The maximum Gasteiger partial charge on any atom is 0.220 e. The molecule has 12 atom stereocenters. The van der Waals surface area contributed by atoms with E-state index in [1.54, 1.807) is 6.08 Å². The van der Waals surface area contributed by atoms with Crippen molar-refractivity contribution >= 4 is 5.91 Å². The lowest BCUT2D eigenvalue weighted by molar-refractivity contribution is -0.359. The van der Waals surface area contributed by atoms with Gasteiger partial charge in [0.2, 0.25) is 5.91 Å². The van der Waals surface area contributed by atoms with Crippen molar-refractivity contribution in [3.8, 4) is 0 Å². The fraction of sp³-hybridized carbons (Fsp3) is 0.684. The molecule has 93 heavy (non-hydrogen) atoms. The third-order valence-electron chi connectivity index (χ3n) is 16.8. The van der Waals surface area contributed by atoms with Gasteiger partial charge in [0.1, 0.15) is 48.8 Å². The number of amides is 1. The average molecular weight is 1300 g/mol. The molecule has 0 saturated carbocycles. The lowest BCUT2D eigenvalue weighted by atomic mass is 9.97. The molecular weight excluding hydrogens is 1170 g/mol. The molecule has 1 amide bonds. The van der Waals surface area contributed by atoms with Crippen LogP contribution in [0.2, 0.25) is 0 Å². The van der Waals surface area contributed by atoms with Crippen LogP contribution in [0.25, 0.3) is 0 Å². The number of allylic oxidation sites excluding steroid dienone is 23. The molecule has 0 aromatic carbocycles. The van der Waals surface area contributed by atoms with Crippen LogP contribution in [0.4, 0.5) is 0 Å². The van der Waals surface area contributed by atoms with Crippen molar-refractivity contribution in [2.24, 2.45) is 0 Å². The summed E-state index contributed by atoms with van der Waals surface area (Å²) in [6, 6.07) is -0.945. The van der Waals surface area contributed by atoms with Gasteiger partial charge < -0.3 is 65.1 Å². The zero-order valence-electron chi connectivity index (χ0n) is 57.7. The van der Waals surface area contributed by atoms with Crippen molar-refractivity contribution in [3.63, 3.8) is 0 Å². The number of carbonyl (C=O) groups is 1. The summed E-state index contributed by atoms with van der Waals surface area (Å²) in [4.78, 5) is 13.3. The van der Waals surface area contributed by atoms with Gasteiger partial charge in [0.25, 0.3) is 0 Å². The van der Waals surface area contributed by atoms with Gasteiger partial charge in [-0.25, -0.2) is 0 Å². The Morgan fingerprint density at radius 3 is 1.14 bits per heavy atom. The molecule has 12 unspecified atom stereocenters. The number of aliphatic hydroxyl groups excluding tert-OH is 8. The second-order valence-electron chi connectivity index (χ2n) is 25.0. The number of ether oxygens (including phenoxy) is 4. The van der Waals surface area contributed by atoms with E-state index in [2.05, 4.69) is 153 Å². The minimum atomic E-state index is -1.80. The van der Waals surface area contributed by atoms with Gasteiger partial charge in [0, 0.05) is 6.42 Å². The van der Waals surface area contributed by atoms with Gasteiger partial charge in [-0.2, -0.15) is 0 Å². The van der Waals surface area contributed by atoms with Gasteiger partial charge in [0.05, 0.1) is 32.0 Å². The molecule has 2 fully saturated rings. The molecule has 0 aromatic rings. The van der Waals surface area contributed by atoms with Crippen molar-refractivity contribution in [1.82, 2.24) is 5.32 Å². The Morgan fingerprint density at radius 1 is 0.398 bits per heavy atom. The summed E-state index contributed by atoms with van der Waals surface area (Å²) < 4.78 is 22.8. The summed E-state index contributed by atoms with van der Waals surface area (Å²) in [5.41, 5.74) is 0. The van der Waals surface area contributed by atoms with Crippen LogP contribution in [-0.4, -0.2) is 140 Å². The fourth-order valence-corrected chi connectivity index (χ4v) is 11.0. The van der Waals surface area contributed by atoms with Crippen LogP contribution < -0.4 is 5.32 Å².